The summed E-state index contributed by atoms with van der Waals surface area (Å²) >= 11 is 0. The van der Waals surface area contributed by atoms with Gasteiger partial charge in [-0.1, -0.05) is 97.8 Å². The van der Waals surface area contributed by atoms with Crippen LogP contribution in [-0.2, 0) is 28.8 Å². The summed E-state index contributed by atoms with van der Waals surface area (Å²) < 4.78 is 0. The fourth-order valence-corrected chi connectivity index (χ4v) is 5.74. The van der Waals surface area contributed by atoms with Gasteiger partial charge < -0.3 is 26.2 Å². The molecule has 0 aromatic heterocycles. The Balaban J connectivity index is 4.84. The number of carboxylic acid groups (broad SMARTS) is 1. The predicted octanol–water partition coefficient (Wildman–Crippen LogP) is 5.26. The summed E-state index contributed by atoms with van der Waals surface area (Å²) in [6, 6.07) is -2.31. The van der Waals surface area contributed by atoms with E-state index in [4.69, 9.17) is 0 Å². The maximum atomic E-state index is 13.1. The Morgan fingerprint density at radius 2 is 1.11 bits per heavy atom. The molecule has 5 N–H and O–H groups in total. The van der Waals surface area contributed by atoms with E-state index < -0.39 is 72.2 Å². The molecule has 0 aliphatic heterocycles. The minimum absolute atomic E-state index is 0.1000. The molecular formula is C36H65N3O8. The Morgan fingerprint density at radius 1 is 0.617 bits per heavy atom. The topological polar surface area (TPSA) is 179 Å². The number of Topliss-reactive ketones (excluding diaryl/α,β-unsaturated/α-hetero) is 2. The number of amides is 3. The number of carbonyl (C=O) groups excluding carboxylic acids is 5. The molecule has 3 amide bonds. The van der Waals surface area contributed by atoms with E-state index in [1.165, 1.54) is 78.7 Å². The smallest absolute Gasteiger partial charge is 0.304 e. The van der Waals surface area contributed by atoms with Crippen molar-refractivity contribution in [3.63, 3.8) is 0 Å². The molecule has 0 fully saturated rings. The van der Waals surface area contributed by atoms with Crippen LogP contribution in [0.25, 0.3) is 0 Å². The standard InChI is InChI=1S/C36H65N3O8/c1-7-8-9-10-11-12-13-14-15-16-17-18-19-20-32(43)39-34(27(5)40)31(42)23-29(24-33(44)45)36(47)38-26(4)30(41)22-28(21-25(2)3)35(46)37-6/h25-29,34,40H,7-24H2,1-6H3,(H,37,46)(H,38,47)(H,39,43)(H,44,45)/t26-,27+,28+,29-,34-/m0/s1. The molecule has 0 bridgehead atoms. The second kappa shape index (κ2) is 26.2. The summed E-state index contributed by atoms with van der Waals surface area (Å²) in [5, 5.41) is 27.3. The van der Waals surface area contributed by atoms with Gasteiger partial charge in [-0.15, -0.1) is 0 Å². The van der Waals surface area contributed by atoms with E-state index in [1.807, 2.05) is 13.8 Å². The fourth-order valence-electron chi connectivity index (χ4n) is 5.74. The van der Waals surface area contributed by atoms with Crippen LogP contribution in [0, 0.1) is 17.8 Å². The lowest BCUT2D eigenvalue weighted by Gasteiger charge is -2.24. The molecule has 0 heterocycles. The summed E-state index contributed by atoms with van der Waals surface area (Å²) in [7, 11) is 1.49. The van der Waals surface area contributed by atoms with Gasteiger partial charge in [-0.3, -0.25) is 28.8 Å². The van der Waals surface area contributed by atoms with E-state index in [-0.39, 0.29) is 24.7 Å². The van der Waals surface area contributed by atoms with E-state index >= 15 is 0 Å². The number of carbonyl (C=O) groups is 6. The molecule has 0 aliphatic carbocycles. The molecule has 0 spiro atoms. The summed E-state index contributed by atoms with van der Waals surface area (Å²) in [5.41, 5.74) is 0. The molecule has 11 heteroatoms. The number of rotatable bonds is 29. The van der Waals surface area contributed by atoms with Gasteiger partial charge in [0.2, 0.25) is 17.7 Å². The summed E-state index contributed by atoms with van der Waals surface area (Å²) in [5.74, 6) is -5.57. The van der Waals surface area contributed by atoms with E-state index in [2.05, 4.69) is 22.9 Å². The van der Waals surface area contributed by atoms with E-state index in [9.17, 15) is 39.0 Å². The van der Waals surface area contributed by atoms with Crippen molar-refractivity contribution in [3.8, 4) is 0 Å². The van der Waals surface area contributed by atoms with Crippen molar-refractivity contribution >= 4 is 35.3 Å². The zero-order valence-electron chi connectivity index (χ0n) is 30.0. The van der Waals surface area contributed by atoms with Crippen LogP contribution in [0.4, 0.5) is 0 Å². The van der Waals surface area contributed by atoms with Crippen LogP contribution in [-0.4, -0.2) is 70.7 Å². The number of aliphatic carboxylic acids is 1. The van der Waals surface area contributed by atoms with Crippen molar-refractivity contribution in [2.45, 2.75) is 168 Å². The molecule has 47 heavy (non-hydrogen) atoms. The van der Waals surface area contributed by atoms with Gasteiger partial charge in [0.05, 0.1) is 24.5 Å². The third-order valence-electron chi connectivity index (χ3n) is 8.55. The first-order chi connectivity index (χ1) is 22.2. The molecular weight excluding hydrogens is 602 g/mol. The number of aliphatic hydroxyl groups is 1. The Kier molecular flexibility index (Phi) is 24.6. The molecule has 0 rings (SSSR count). The van der Waals surface area contributed by atoms with Crippen LogP contribution in [0.3, 0.4) is 0 Å². The average Bonchev–Trinajstić information content (AvgIpc) is 3.00. The molecule has 0 aromatic rings. The number of aliphatic hydroxyl groups excluding tert-OH is 1. The predicted molar refractivity (Wildman–Crippen MR) is 184 cm³/mol. The van der Waals surface area contributed by atoms with Gasteiger partial charge in [0.1, 0.15) is 6.04 Å². The molecule has 0 aromatic carbocycles. The summed E-state index contributed by atoms with van der Waals surface area (Å²) in [6.07, 6.45) is 13.4. The van der Waals surface area contributed by atoms with Crippen LogP contribution in [0.1, 0.15) is 150 Å². The number of ketones is 2. The Morgan fingerprint density at radius 3 is 1.55 bits per heavy atom. The van der Waals surface area contributed by atoms with E-state index in [0.29, 0.717) is 12.8 Å². The van der Waals surface area contributed by atoms with Crippen LogP contribution >= 0.6 is 0 Å². The van der Waals surface area contributed by atoms with Crippen LogP contribution in [0.5, 0.6) is 0 Å². The summed E-state index contributed by atoms with van der Waals surface area (Å²) in [6.45, 7) is 8.89. The van der Waals surface area contributed by atoms with Gasteiger partial charge in [-0.2, -0.15) is 0 Å². The normalized spacial score (nSPS) is 14.5. The van der Waals surface area contributed by atoms with Crippen molar-refractivity contribution in [1.82, 2.24) is 16.0 Å². The zero-order valence-corrected chi connectivity index (χ0v) is 30.0. The van der Waals surface area contributed by atoms with Gasteiger partial charge in [-0.25, -0.2) is 0 Å². The first-order valence-electron chi connectivity index (χ1n) is 18.0. The van der Waals surface area contributed by atoms with Crippen molar-refractivity contribution in [2.75, 3.05) is 7.05 Å². The maximum absolute atomic E-state index is 13.1. The van der Waals surface area contributed by atoms with Gasteiger partial charge in [0.15, 0.2) is 11.6 Å². The highest BCUT2D eigenvalue weighted by atomic mass is 16.4. The first kappa shape index (κ1) is 44.2. The third-order valence-corrected chi connectivity index (χ3v) is 8.55. The largest absolute Gasteiger partial charge is 0.481 e. The van der Waals surface area contributed by atoms with Crippen LogP contribution in [0.2, 0.25) is 0 Å². The average molecular weight is 668 g/mol. The van der Waals surface area contributed by atoms with Crippen LogP contribution in [0.15, 0.2) is 0 Å². The second-order valence-corrected chi connectivity index (χ2v) is 13.6. The Labute approximate surface area is 283 Å². The quantitative estimate of drug-likeness (QED) is 0.0671. The van der Waals surface area contributed by atoms with Gasteiger partial charge >= 0.3 is 5.97 Å². The molecule has 0 saturated carbocycles. The highest BCUT2D eigenvalue weighted by Gasteiger charge is 2.33. The Bertz CT molecular complexity index is 953. The molecule has 0 aliphatic rings. The number of hydrogen-bond donors (Lipinski definition) is 5. The highest BCUT2D eigenvalue weighted by Crippen LogP contribution is 2.19. The number of nitrogens with one attached hydrogen (secondary N) is 3. The van der Waals surface area contributed by atoms with E-state index in [1.54, 1.807) is 0 Å². The van der Waals surface area contributed by atoms with Crippen molar-refractivity contribution in [1.29, 1.82) is 0 Å². The lowest BCUT2D eigenvalue weighted by molar-refractivity contribution is -0.143. The summed E-state index contributed by atoms with van der Waals surface area (Å²) in [4.78, 5) is 75.4. The minimum atomic E-state index is -1.32. The maximum Gasteiger partial charge on any atom is 0.304 e. The van der Waals surface area contributed by atoms with Crippen molar-refractivity contribution < 1.29 is 39.0 Å². The molecule has 0 saturated heterocycles. The second-order valence-electron chi connectivity index (χ2n) is 13.6. The fraction of sp³-hybridized carbons (Fsp3) is 0.833. The molecule has 272 valence electrons. The van der Waals surface area contributed by atoms with Crippen LogP contribution < -0.4 is 16.0 Å². The van der Waals surface area contributed by atoms with Gasteiger partial charge in [0.25, 0.3) is 0 Å². The molecule has 0 radical (unpaired) electrons. The SMILES string of the molecule is CCCCCCCCCCCCCCCC(=O)N[C@H](C(=O)C[C@@H](CC(=O)O)C(=O)N[C@@H](C)C(=O)C[C@@H](CC(C)C)C(=O)NC)[C@@H](C)O. The van der Waals surface area contributed by atoms with Crippen molar-refractivity contribution in [2.24, 2.45) is 17.8 Å². The molecule has 5 atom stereocenters. The lowest BCUT2D eigenvalue weighted by atomic mass is 9.89. The van der Waals surface area contributed by atoms with Gasteiger partial charge in [-0.05, 0) is 32.6 Å². The Hall–Kier alpha value is -2.82. The molecule has 11 nitrogen and oxygen atoms in total. The minimum Gasteiger partial charge on any atom is -0.481 e. The van der Waals surface area contributed by atoms with Crippen molar-refractivity contribution in [3.05, 3.63) is 0 Å². The van der Waals surface area contributed by atoms with E-state index in [0.717, 1.165) is 19.3 Å². The first-order valence-corrected chi connectivity index (χ1v) is 18.0. The monoisotopic (exact) mass is 667 g/mol. The number of carboxylic acids is 1. The zero-order chi connectivity index (χ0) is 35.8. The molecule has 0 unspecified atom stereocenters. The third kappa shape index (κ3) is 21.6. The van der Waals surface area contributed by atoms with Gasteiger partial charge in [0, 0.05) is 32.2 Å². The lowest BCUT2D eigenvalue weighted by Crippen LogP contribution is -2.49. The number of unbranched alkanes of at least 4 members (excludes halogenated alkanes) is 12. The number of hydrogen-bond acceptors (Lipinski definition) is 7. The highest BCUT2D eigenvalue weighted by molar-refractivity contribution is 5.96.